The highest BCUT2D eigenvalue weighted by atomic mass is 16.5. The van der Waals surface area contributed by atoms with E-state index in [1.54, 1.807) is 0 Å². The van der Waals surface area contributed by atoms with Gasteiger partial charge in [-0.1, -0.05) is 37.3 Å². The number of Topliss-reactive ketones (excluding diaryl/α,β-unsaturated/α-hetero) is 1. The van der Waals surface area contributed by atoms with E-state index in [0.717, 1.165) is 31.4 Å². The summed E-state index contributed by atoms with van der Waals surface area (Å²) in [6.45, 7) is 2.93. The lowest BCUT2D eigenvalue weighted by Crippen LogP contribution is -2.37. The highest BCUT2D eigenvalue weighted by molar-refractivity contribution is 5.83. The Morgan fingerprint density at radius 3 is 2.82 bits per heavy atom. The summed E-state index contributed by atoms with van der Waals surface area (Å²) in [5.74, 6) is 0.462. The van der Waals surface area contributed by atoms with Gasteiger partial charge in [0.15, 0.2) is 0 Å². The molecule has 90 valence electrons. The fourth-order valence-corrected chi connectivity index (χ4v) is 3.37. The predicted octanol–water partition coefficient (Wildman–Crippen LogP) is 3.13. The molecule has 2 nitrogen and oxygen atoms in total. The monoisotopic (exact) mass is 230 g/mol. The van der Waals surface area contributed by atoms with Crippen LogP contribution < -0.4 is 0 Å². The second-order valence-corrected chi connectivity index (χ2v) is 5.59. The largest absolute Gasteiger partial charge is 0.372 e. The Labute approximate surface area is 102 Å². The minimum Gasteiger partial charge on any atom is -0.372 e. The maximum absolute atomic E-state index is 12.2. The Kier molecular flexibility index (Phi) is 2.55. The summed E-state index contributed by atoms with van der Waals surface area (Å²) >= 11 is 0. The average molecular weight is 230 g/mol. The van der Waals surface area contributed by atoms with E-state index in [-0.39, 0.29) is 17.4 Å². The standard InChI is InChI=1S/C15H18O2/c1-15-9-5-8-12(16)13(15)14(17-10-15)11-6-3-2-4-7-11/h2-4,6-7,13-14H,5,8-10H2,1H3/t13-,14?,15+/m1/s1. The van der Waals surface area contributed by atoms with Crippen LogP contribution in [0, 0.1) is 11.3 Å². The molecule has 1 unspecified atom stereocenters. The van der Waals surface area contributed by atoms with Crippen LogP contribution in [0.15, 0.2) is 30.3 Å². The summed E-state index contributed by atoms with van der Waals surface area (Å²) in [6, 6.07) is 10.2. The van der Waals surface area contributed by atoms with Crippen molar-refractivity contribution < 1.29 is 9.53 Å². The Balaban J connectivity index is 1.95. The fourth-order valence-electron chi connectivity index (χ4n) is 3.37. The van der Waals surface area contributed by atoms with Crippen LogP contribution in [0.1, 0.15) is 37.9 Å². The zero-order valence-corrected chi connectivity index (χ0v) is 10.2. The van der Waals surface area contributed by atoms with E-state index < -0.39 is 0 Å². The molecule has 1 aliphatic heterocycles. The molecule has 1 aromatic rings. The van der Waals surface area contributed by atoms with Crippen LogP contribution >= 0.6 is 0 Å². The summed E-state index contributed by atoms with van der Waals surface area (Å²) in [5.41, 5.74) is 1.21. The summed E-state index contributed by atoms with van der Waals surface area (Å²) < 4.78 is 5.94. The molecule has 3 rings (SSSR count). The molecule has 0 spiro atoms. The van der Waals surface area contributed by atoms with Crippen molar-refractivity contribution in [3.63, 3.8) is 0 Å². The van der Waals surface area contributed by atoms with E-state index in [0.29, 0.717) is 5.78 Å². The molecule has 2 fully saturated rings. The Hall–Kier alpha value is -1.15. The molecule has 3 atom stereocenters. The van der Waals surface area contributed by atoms with Crippen LogP contribution in [0.4, 0.5) is 0 Å². The third-order valence-electron chi connectivity index (χ3n) is 4.29. The van der Waals surface area contributed by atoms with Crippen molar-refractivity contribution in [2.45, 2.75) is 32.3 Å². The molecule has 0 N–H and O–H groups in total. The molecule has 1 saturated heterocycles. The predicted molar refractivity (Wildman–Crippen MR) is 65.6 cm³/mol. The Morgan fingerprint density at radius 1 is 1.29 bits per heavy atom. The number of benzene rings is 1. The first-order valence-corrected chi connectivity index (χ1v) is 6.40. The first kappa shape index (κ1) is 11.0. The molecule has 0 aromatic heterocycles. The minimum absolute atomic E-state index is 0.0194. The van der Waals surface area contributed by atoms with Gasteiger partial charge < -0.3 is 4.74 Å². The maximum Gasteiger partial charge on any atom is 0.139 e. The summed E-state index contributed by atoms with van der Waals surface area (Å²) in [6.07, 6.45) is 2.85. The van der Waals surface area contributed by atoms with E-state index in [9.17, 15) is 4.79 Å². The number of carbonyl (C=O) groups excluding carboxylic acids is 1. The van der Waals surface area contributed by atoms with Gasteiger partial charge >= 0.3 is 0 Å². The van der Waals surface area contributed by atoms with E-state index in [1.165, 1.54) is 0 Å². The van der Waals surface area contributed by atoms with Gasteiger partial charge in [-0.25, -0.2) is 0 Å². The van der Waals surface area contributed by atoms with Gasteiger partial charge in [-0.2, -0.15) is 0 Å². The quantitative estimate of drug-likeness (QED) is 0.741. The summed E-state index contributed by atoms with van der Waals surface area (Å²) in [5, 5.41) is 0. The number of hydrogen-bond acceptors (Lipinski definition) is 2. The highest BCUT2D eigenvalue weighted by Crippen LogP contribution is 2.52. The van der Waals surface area contributed by atoms with Crippen molar-refractivity contribution in [1.82, 2.24) is 0 Å². The molecule has 1 aromatic carbocycles. The number of ether oxygens (including phenoxy) is 1. The van der Waals surface area contributed by atoms with Gasteiger partial charge in [0, 0.05) is 11.8 Å². The lowest BCUT2D eigenvalue weighted by Gasteiger charge is -2.34. The molecule has 0 amide bonds. The number of carbonyl (C=O) groups is 1. The first-order valence-electron chi connectivity index (χ1n) is 6.40. The molecule has 0 bridgehead atoms. The van der Waals surface area contributed by atoms with Crippen molar-refractivity contribution in [1.29, 1.82) is 0 Å². The zero-order valence-electron chi connectivity index (χ0n) is 10.2. The van der Waals surface area contributed by atoms with Crippen LogP contribution in [0.5, 0.6) is 0 Å². The molecule has 0 radical (unpaired) electrons. The normalized spacial score (nSPS) is 36.9. The van der Waals surface area contributed by atoms with Crippen molar-refractivity contribution in [3.05, 3.63) is 35.9 Å². The van der Waals surface area contributed by atoms with Crippen molar-refractivity contribution in [2.24, 2.45) is 11.3 Å². The average Bonchev–Trinajstić information content (AvgIpc) is 2.69. The van der Waals surface area contributed by atoms with Gasteiger partial charge in [0.05, 0.1) is 18.6 Å². The molecular formula is C15H18O2. The van der Waals surface area contributed by atoms with Crippen molar-refractivity contribution in [2.75, 3.05) is 6.61 Å². The Morgan fingerprint density at radius 2 is 2.06 bits per heavy atom. The van der Waals surface area contributed by atoms with E-state index in [1.807, 2.05) is 18.2 Å². The van der Waals surface area contributed by atoms with E-state index in [2.05, 4.69) is 19.1 Å². The molecule has 2 aliphatic rings. The number of fused-ring (bicyclic) bond motifs is 1. The Bertz CT molecular complexity index is 426. The third kappa shape index (κ3) is 1.71. The number of rotatable bonds is 1. The maximum atomic E-state index is 12.2. The molecule has 1 saturated carbocycles. The summed E-state index contributed by atoms with van der Waals surface area (Å²) in [7, 11) is 0. The van der Waals surface area contributed by atoms with E-state index in [4.69, 9.17) is 4.74 Å². The van der Waals surface area contributed by atoms with Gasteiger partial charge in [0.25, 0.3) is 0 Å². The smallest absolute Gasteiger partial charge is 0.139 e. The molecule has 2 heteroatoms. The van der Waals surface area contributed by atoms with Crippen molar-refractivity contribution >= 4 is 5.78 Å². The SMILES string of the molecule is C[C@@]12CCCC(=O)[C@@H]1C(c1ccccc1)OC2. The molecule has 1 aliphatic carbocycles. The molecular weight excluding hydrogens is 212 g/mol. The van der Waals surface area contributed by atoms with Crippen LogP contribution in [-0.4, -0.2) is 12.4 Å². The number of hydrogen-bond donors (Lipinski definition) is 0. The fraction of sp³-hybridized carbons (Fsp3) is 0.533. The van der Waals surface area contributed by atoms with Crippen molar-refractivity contribution in [3.8, 4) is 0 Å². The van der Waals surface area contributed by atoms with Gasteiger partial charge in [-0.3, -0.25) is 4.79 Å². The topological polar surface area (TPSA) is 26.3 Å². The molecule has 1 heterocycles. The second-order valence-electron chi connectivity index (χ2n) is 5.59. The third-order valence-corrected chi connectivity index (χ3v) is 4.29. The number of ketones is 1. The first-order chi connectivity index (χ1) is 8.21. The van der Waals surface area contributed by atoms with Crippen LogP contribution in [-0.2, 0) is 9.53 Å². The van der Waals surface area contributed by atoms with Gasteiger partial charge in [0.2, 0.25) is 0 Å². The lowest BCUT2D eigenvalue weighted by molar-refractivity contribution is -0.129. The van der Waals surface area contributed by atoms with E-state index >= 15 is 0 Å². The molecule has 17 heavy (non-hydrogen) atoms. The van der Waals surface area contributed by atoms with Gasteiger partial charge in [-0.05, 0) is 18.4 Å². The van der Waals surface area contributed by atoms with Crippen LogP contribution in [0.2, 0.25) is 0 Å². The van der Waals surface area contributed by atoms with Gasteiger partial charge in [0.1, 0.15) is 5.78 Å². The summed E-state index contributed by atoms with van der Waals surface area (Å²) in [4.78, 5) is 12.2. The van der Waals surface area contributed by atoms with Crippen LogP contribution in [0.3, 0.4) is 0 Å². The second kappa shape index (κ2) is 3.95. The minimum atomic E-state index is -0.0194. The zero-order chi connectivity index (χ0) is 11.9. The highest BCUT2D eigenvalue weighted by Gasteiger charge is 2.51. The lowest BCUT2D eigenvalue weighted by atomic mass is 9.66. The van der Waals surface area contributed by atoms with Crippen LogP contribution in [0.25, 0.3) is 0 Å². The van der Waals surface area contributed by atoms with Gasteiger partial charge in [-0.15, -0.1) is 0 Å².